The second-order valence-corrected chi connectivity index (χ2v) is 4.60. The molecule has 0 aromatic heterocycles. The molecular weight excluding hydrogens is 301 g/mol. The first-order valence-corrected chi connectivity index (χ1v) is 6.39. The van der Waals surface area contributed by atoms with Crippen molar-refractivity contribution in [1.29, 1.82) is 0 Å². The molecule has 0 N–H and O–H groups in total. The van der Waals surface area contributed by atoms with E-state index in [1.165, 1.54) is 26.2 Å². The highest BCUT2D eigenvalue weighted by molar-refractivity contribution is 5.87. The van der Waals surface area contributed by atoms with Gasteiger partial charge in [-0.15, -0.1) is 0 Å². The summed E-state index contributed by atoms with van der Waals surface area (Å²) in [5.74, 6) is -0.586. The Morgan fingerprint density at radius 1 is 1.32 bits per heavy atom. The number of methoxy groups -OCH3 is 1. The average Bonchev–Trinajstić information content (AvgIpc) is 2.44. The van der Waals surface area contributed by atoms with Crippen molar-refractivity contribution in [2.75, 3.05) is 20.3 Å². The van der Waals surface area contributed by atoms with Crippen molar-refractivity contribution in [1.82, 2.24) is 0 Å². The van der Waals surface area contributed by atoms with Gasteiger partial charge in [0.15, 0.2) is 6.10 Å². The van der Waals surface area contributed by atoms with Gasteiger partial charge in [-0.1, -0.05) is 12.6 Å². The highest BCUT2D eigenvalue weighted by Gasteiger charge is 2.30. The quantitative estimate of drug-likeness (QED) is 0.572. The molecule has 0 saturated heterocycles. The maximum absolute atomic E-state index is 12.6. The number of alkyl halides is 3. The molecule has 0 saturated carbocycles. The number of esters is 1. The molecule has 0 bridgehead atoms. The van der Waals surface area contributed by atoms with Crippen LogP contribution in [0.25, 0.3) is 0 Å². The summed E-state index contributed by atoms with van der Waals surface area (Å²) in [6.07, 6.45) is -5.19. The Morgan fingerprint density at radius 2 is 2.00 bits per heavy atom. The largest absolute Gasteiger partial charge is 0.490 e. The summed E-state index contributed by atoms with van der Waals surface area (Å²) < 4.78 is 53.0. The van der Waals surface area contributed by atoms with Crippen LogP contribution in [0.4, 0.5) is 13.2 Å². The highest BCUT2D eigenvalue weighted by atomic mass is 19.4. The lowest BCUT2D eigenvalue weighted by Gasteiger charge is -2.18. The van der Waals surface area contributed by atoms with E-state index in [1.807, 2.05) is 0 Å². The van der Waals surface area contributed by atoms with Gasteiger partial charge >= 0.3 is 12.1 Å². The van der Waals surface area contributed by atoms with E-state index < -0.39 is 23.8 Å². The molecule has 1 rings (SSSR count). The van der Waals surface area contributed by atoms with Crippen LogP contribution in [0, 0.1) is 0 Å². The molecular formula is C15H17F3O4. The van der Waals surface area contributed by atoms with E-state index in [0.29, 0.717) is 0 Å². The fourth-order valence-electron chi connectivity index (χ4n) is 1.51. The van der Waals surface area contributed by atoms with Gasteiger partial charge in [-0.05, 0) is 25.1 Å². The molecule has 22 heavy (non-hydrogen) atoms. The molecule has 1 unspecified atom stereocenters. The van der Waals surface area contributed by atoms with Crippen molar-refractivity contribution >= 4 is 5.97 Å². The maximum atomic E-state index is 12.6. The lowest BCUT2D eigenvalue weighted by Crippen LogP contribution is -2.29. The third-order valence-corrected chi connectivity index (χ3v) is 2.57. The standard InChI is InChI=1S/C15H17F3O4/c1-10(2)14(19)22-13(8-20-3)9-21-12-6-4-5-11(7-12)15(16,17)18/h4-7,13H,1,8-9H2,2-3H3. The van der Waals surface area contributed by atoms with Gasteiger partial charge < -0.3 is 14.2 Å². The van der Waals surface area contributed by atoms with Crippen LogP contribution in [0.2, 0.25) is 0 Å². The Balaban J connectivity index is 2.69. The second-order valence-electron chi connectivity index (χ2n) is 4.60. The molecule has 0 spiro atoms. The topological polar surface area (TPSA) is 44.8 Å². The number of benzene rings is 1. The summed E-state index contributed by atoms with van der Waals surface area (Å²) in [6, 6.07) is 4.45. The number of carbonyl (C=O) groups is 1. The fourth-order valence-corrected chi connectivity index (χ4v) is 1.51. The molecule has 1 aromatic rings. The Morgan fingerprint density at radius 3 is 2.55 bits per heavy atom. The third-order valence-electron chi connectivity index (χ3n) is 2.57. The molecule has 0 heterocycles. The van der Waals surface area contributed by atoms with Crippen molar-refractivity contribution in [3.8, 4) is 5.75 Å². The van der Waals surface area contributed by atoms with Crippen LogP contribution < -0.4 is 4.74 Å². The summed E-state index contributed by atoms with van der Waals surface area (Å²) in [7, 11) is 1.41. The number of rotatable bonds is 7. The van der Waals surface area contributed by atoms with Crippen molar-refractivity contribution < 1.29 is 32.2 Å². The monoisotopic (exact) mass is 318 g/mol. The molecule has 0 aliphatic heterocycles. The molecule has 122 valence electrons. The molecule has 4 nitrogen and oxygen atoms in total. The van der Waals surface area contributed by atoms with Crippen molar-refractivity contribution in [2.24, 2.45) is 0 Å². The zero-order chi connectivity index (χ0) is 16.8. The Labute approximate surface area is 126 Å². The van der Waals surface area contributed by atoms with E-state index in [0.717, 1.165) is 12.1 Å². The predicted octanol–water partition coefficient (Wildman–Crippen LogP) is 3.22. The first-order chi connectivity index (χ1) is 10.2. The average molecular weight is 318 g/mol. The molecule has 0 aliphatic carbocycles. The molecule has 0 radical (unpaired) electrons. The van der Waals surface area contributed by atoms with Gasteiger partial charge in [0.1, 0.15) is 12.4 Å². The number of hydrogen-bond acceptors (Lipinski definition) is 4. The van der Waals surface area contributed by atoms with Crippen LogP contribution in [0.1, 0.15) is 12.5 Å². The maximum Gasteiger partial charge on any atom is 0.416 e. The van der Waals surface area contributed by atoms with Crippen LogP contribution in [0.5, 0.6) is 5.75 Å². The zero-order valence-corrected chi connectivity index (χ0v) is 12.3. The lowest BCUT2D eigenvalue weighted by atomic mass is 10.2. The minimum absolute atomic E-state index is 0.0299. The van der Waals surface area contributed by atoms with E-state index >= 15 is 0 Å². The Hall–Kier alpha value is -2.02. The highest BCUT2D eigenvalue weighted by Crippen LogP contribution is 2.31. The SMILES string of the molecule is C=C(C)C(=O)OC(COC)COc1cccc(C(F)(F)F)c1. The van der Waals surface area contributed by atoms with Gasteiger partial charge in [-0.3, -0.25) is 0 Å². The first-order valence-electron chi connectivity index (χ1n) is 6.39. The minimum Gasteiger partial charge on any atom is -0.490 e. The zero-order valence-electron chi connectivity index (χ0n) is 12.3. The van der Waals surface area contributed by atoms with Gasteiger partial charge in [-0.25, -0.2) is 4.79 Å². The fraction of sp³-hybridized carbons (Fsp3) is 0.400. The number of halogens is 3. The summed E-state index contributed by atoms with van der Waals surface area (Å²) in [5, 5.41) is 0. The van der Waals surface area contributed by atoms with Gasteiger partial charge in [0.05, 0.1) is 12.2 Å². The smallest absolute Gasteiger partial charge is 0.416 e. The molecule has 0 fully saturated rings. The van der Waals surface area contributed by atoms with E-state index in [9.17, 15) is 18.0 Å². The van der Waals surface area contributed by atoms with Crippen LogP contribution in [-0.2, 0) is 20.4 Å². The summed E-state index contributed by atoms with van der Waals surface area (Å²) in [6.45, 7) is 4.85. The number of carbonyl (C=O) groups excluding carboxylic acids is 1. The van der Waals surface area contributed by atoms with Crippen molar-refractivity contribution in [2.45, 2.75) is 19.2 Å². The van der Waals surface area contributed by atoms with E-state index in [2.05, 4.69) is 6.58 Å². The predicted molar refractivity (Wildman–Crippen MR) is 73.5 cm³/mol. The molecule has 1 aromatic carbocycles. The van der Waals surface area contributed by atoms with E-state index in [-0.39, 0.29) is 24.5 Å². The van der Waals surface area contributed by atoms with Crippen molar-refractivity contribution in [3.05, 3.63) is 42.0 Å². The van der Waals surface area contributed by atoms with Gasteiger partial charge in [0.2, 0.25) is 0 Å². The molecule has 7 heteroatoms. The lowest BCUT2D eigenvalue weighted by molar-refractivity contribution is -0.148. The van der Waals surface area contributed by atoms with E-state index in [4.69, 9.17) is 14.2 Å². The van der Waals surface area contributed by atoms with Gasteiger partial charge in [0.25, 0.3) is 0 Å². The van der Waals surface area contributed by atoms with Crippen LogP contribution in [0.3, 0.4) is 0 Å². The molecule has 1 atom stereocenters. The minimum atomic E-state index is -4.45. The van der Waals surface area contributed by atoms with Crippen molar-refractivity contribution in [3.63, 3.8) is 0 Å². The van der Waals surface area contributed by atoms with Crippen LogP contribution in [0.15, 0.2) is 36.4 Å². The second kappa shape index (κ2) is 7.84. The van der Waals surface area contributed by atoms with E-state index in [1.54, 1.807) is 0 Å². The Bertz CT molecular complexity index is 526. The summed E-state index contributed by atoms with van der Waals surface area (Å²) in [5.41, 5.74) is -0.604. The Kier molecular flexibility index (Phi) is 6.42. The summed E-state index contributed by atoms with van der Waals surface area (Å²) in [4.78, 5) is 11.4. The summed E-state index contributed by atoms with van der Waals surface area (Å²) >= 11 is 0. The van der Waals surface area contributed by atoms with Gasteiger partial charge in [-0.2, -0.15) is 13.2 Å². The normalized spacial score (nSPS) is 12.6. The van der Waals surface area contributed by atoms with Crippen LogP contribution >= 0.6 is 0 Å². The molecule has 0 amide bonds. The first kappa shape index (κ1) is 18.0. The third kappa shape index (κ3) is 5.77. The number of hydrogen-bond donors (Lipinski definition) is 0. The molecule has 0 aliphatic rings. The van der Waals surface area contributed by atoms with Gasteiger partial charge in [0, 0.05) is 12.7 Å². The van der Waals surface area contributed by atoms with Crippen LogP contribution in [-0.4, -0.2) is 32.4 Å². The number of ether oxygens (including phenoxy) is 3.